The Morgan fingerprint density at radius 3 is 2.64 bits per heavy atom. The third kappa shape index (κ3) is 6.37. The molecule has 0 fully saturated rings. The Hall–Kier alpha value is -0.0277. The number of rotatable bonds is 1. The number of alkyl halides is 1. The molecule has 0 aliphatic heterocycles. The zero-order valence-corrected chi connectivity index (χ0v) is 8.43. The van der Waals surface area contributed by atoms with Crippen LogP contribution in [0.5, 0.6) is 5.75 Å². The van der Waals surface area contributed by atoms with Crippen LogP contribution in [0.25, 0.3) is 0 Å². The molecule has 0 amide bonds. The monoisotopic (exact) mass is 262 g/mol. The summed E-state index contributed by atoms with van der Waals surface area (Å²) in [4.78, 5) is 0. The zero-order valence-electron chi connectivity index (χ0n) is 6.12. The van der Waals surface area contributed by atoms with E-state index < -0.39 is 0 Å². The summed E-state index contributed by atoms with van der Waals surface area (Å²) in [5.41, 5.74) is 0. The molecule has 1 radical (unpaired) electrons. The summed E-state index contributed by atoms with van der Waals surface area (Å²) < 4.78 is 5.46. The van der Waals surface area contributed by atoms with E-state index >= 15 is 0 Å². The van der Waals surface area contributed by atoms with Crippen LogP contribution in [-0.2, 0) is 19.2 Å². The average molecular weight is 263 g/mol. The van der Waals surface area contributed by atoms with Crippen LogP contribution in [0, 0.1) is 6.07 Å². The van der Waals surface area contributed by atoms with E-state index in [0.29, 0.717) is 4.35 Å². The summed E-state index contributed by atoms with van der Waals surface area (Å²) >= 11 is 7.64. The predicted molar refractivity (Wildman–Crippen MR) is 42.6 cm³/mol. The van der Waals surface area contributed by atoms with Crippen molar-refractivity contribution in [3.05, 3.63) is 30.3 Å². The Morgan fingerprint density at radius 1 is 1.73 bits per heavy atom. The van der Waals surface area contributed by atoms with Gasteiger partial charge in [-0.3, -0.25) is 0 Å². The molecule has 0 atom stereocenters. The second-order valence-electron chi connectivity index (χ2n) is 1.53. The molecule has 0 bridgehead atoms. The fourth-order valence-electron chi connectivity index (χ4n) is 0.504. The van der Waals surface area contributed by atoms with Crippen LogP contribution in [0.15, 0.2) is 24.3 Å². The minimum absolute atomic E-state index is 0.572. The second kappa shape index (κ2) is 8.07. The van der Waals surface area contributed by atoms with Gasteiger partial charge in [0.15, 0.2) is 0 Å². The molecule has 0 saturated heterocycles. The Balaban J connectivity index is 0.000000292. The van der Waals surface area contributed by atoms with Gasteiger partial charge in [0.25, 0.3) is 0 Å². The first-order valence-electron chi connectivity index (χ1n) is 2.92. The maximum atomic E-state index is 4.93. The topological polar surface area (TPSA) is 9.23 Å². The molecule has 1 rings (SSSR count). The van der Waals surface area contributed by atoms with E-state index in [1.807, 2.05) is 18.2 Å². The van der Waals surface area contributed by atoms with Gasteiger partial charge in [0.1, 0.15) is 5.75 Å². The molecule has 0 aliphatic rings. The molecular weight excluding hydrogens is 254 g/mol. The fourth-order valence-corrected chi connectivity index (χ4v) is 0.504. The summed E-state index contributed by atoms with van der Waals surface area (Å²) in [6.07, 6.45) is 0. The van der Waals surface area contributed by atoms with Crippen LogP contribution in [-0.4, -0.2) is 11.5 Å². The van der Waals surface area contributed by atoms with Gasteiger partial charge in [-0.05, 0) is 18.2 Å². The summed E-state index contributed by atoms with van der Waals surface area (Å²) in [5, 5.41) is 0. The first kappa shape index (κ1) is 11.0. The molecule has 1 nitrogen and oxygen atoms in total. The number of methoxy groups -OCH3 is 1. The molecular formula is C8H9ClOPd. The first-order chi connectivity index (χ1) is 5.35. The van der Waals surface area contributed by atoms with Gasteiger partial charge in [-0.2, -0.15) is 0 Å². The summed E-state index contributed by atoms with van der Waals surface area (Å²) in [6.45, 7) is 0. The molecule has 0 aliphatic carbocycles. The van der Waals surface area contributed by atoms with Crippen molar-refractivity contribution in [3.63, 3.8) is 0 Å². The molecule has 0 N–H and O–H groups in total. The van der Waals surface area contributed by atoms with E-state index in [1.165, 1.54) is 0 Å². The molecule has 1 aromatic rings. The summed E-state index contributed by atoms with van der Waals surface area (Å²) in [6, 6.07) is 10.3. The van der Waals surface area contributed by atoms with Gasteiger partial charge < -0.3 is 4.74 Å². The van der Waals surface area contributed by atoms with E-state index in [1.54, 1.807) is 13.2 Å². The first-order valence-corrected chi connectivity index (χ1v) is 4.56. The number of hydrogen-bond donors (Lipinski definition) is 0. The van der Waals surface area contributed by atoms with Crippen molar-refractivity contribution >= 4 is 11.6 Å². The van der Waals surface area contributed by atoms with Crippen molar-refractivity contribution in [2.75, 3.05) is 11.5 Å². The van der Waals surface area contributed by atoms with Gasteiger partial charge in [-0.1, -0.05) is 12.1 Å². The molecule has 0 saturated carbocycles. The number of hydrogen-bond acceptors (Lipinski definition) is 1. The SMILES string of the molecule is COc1c[c]ccc1.Cl[CH2][Pd]. The van der Waals surface area contributed by atoms with Crippen LogP contribution >= 0.6 is 11.6 Å². The average Bonchev–Trinajstić information content (AvgIpc) is 2.08. The van der Waals surface area contributed by atoms with E-state index in [0.717, 1.165) is 5.75 Å². The van der Waals surface area contributed by atoms with Crippen molar-refractivity contribution in [3.8, 4) is 5.75 Å². The maximum absolute atomic E-state index is 4.93. The van der Waals surface area contributed by atoms with E-state index in [4.69, 9.17) is 16.3 Å². The van der Waals surface area contributed by atoms with Gasteiger partial charge in [0.05, 0.1) is 7.11 Å². The van der Waals surface area contributed by atoms with Crippen LogP contribution in [0.1, 0.15) is 0 Å². The Morgan fingerprint density at radius 2 is 2.36 bits per heavy atom. The van der Waals surface area contributed by atoms with Gasteiger partial charge in [0, 0.05) is 0 Å². The molecule has 1 aromatic carbocycles. The third-order valence-corrected chi connectivity index (χ3v) is 0.914. The Bertz CT molecular complexity index is 167. The number of benzene rings is 1. The minimum atomic E-state index is 0.572. The zero-order chi connectivity index (χ0) is 8.53. The number of halogens is 1. The van der Waals surface area contributed by atoms with Gasteiger partial charge in [-0.15, -0.1) is 0 Å². The van der Waals surface area contributed by atoms with Crippen molar-refractivity contribution in [1.29, 1.82) is 0 Å². The van der Waals surface area contributed by atoms with Crippen molar-refractivity contribution < 1.29 is 23.9 Å². The van der Waals surface area contributed by atoms with Crippen LogP contribution in [0.2, 0.25) is 0 Å². The molecule has 0 heterocycles. The van der Waals surface area contributed by atoms with Gasteiger partial charge >= 0.3 is 35.2 Å². The predicted octanol–water partition coefficient (Wildman–Crippen LogP) is 2.22. The van der Waals surface area contributed by atoms with E-state index in [9.17, 15) is 0 Å². The van der Waals surface area contributed by atoms with E-state index in [2.05, 4.69) is 25.3 Å². The molecule has 64 valence electrons. The number of ether oxygens (including phenoxy) is 1. The van der Waals surface area contributed by atoms with Crippen LogP contribution < -0.4 is 4.74 Å². The molecule has 3 heteroatoms. The molecule has 0 unspecified atom stereocenters. The quantitative estimate of drug-likeness (QED) is 0.557. The summed E-state index contributed by atoms with van der Waals surface area (Å²) in [5.74, 6) is 0.854. The van der Waals surface area contributed by atoms with Gasteiger partial charge in [-0.25, -0.2) is 0 Å². The Kier molecular flexibility index (Phi) is 8.05. The molecule has 11 heavy (non-hydrogen) atoms. The van der Waals surface area contributed by atoms with Gasteiger partial charge in [0.2, 0.25) is 0 Å². The normalized spacial score (nSPS) is 8.00. The van der Waals surface area contributed by atoms with Crippen LogP contribution in [0.4, 0.5) is 0 Å². The van der Waals surface area contributed by atoms with Crippen molar-refractivity contribution in [2.45, 2.75) is 0 Å². The fraction of sp³-hybridized carbons (Fsp3) is 0.250. The van der Waals surface area contributed by atoms with E-state index in [-0.39, 0.29) is 0 Å². The standard InChI is InChI=1S/C7H7O.CH2Cl.Pd/c1-8-7-5-3-2-4-6-7;1-2;/h2-3,5-6H,1H3;1H2;. The van der Waals surface area contributed by atoms with Crippen LogP contribution in [0.3, 0.4) is 0 Å². The third-order valence-electron chi connectivity index (χ3n) is 0.914. The second-order valence-corrected chi connectivity index (χ2v) is 2.94. The van der Waals surface area contributed by atoms with Crippen molar-refractivity contribution in [1.82, 2.24) is 0 Å². The molecule has 0 spiro atoms. The van der Waals surface area contributed by atoms with Crippen molar-refractivity contribution in [2.24, 2.45) is 0 Å². The Labute approximate surface area is 83.1 Å². The molecule has 0 aromatic heterocycles. The summed E-state index contributed by atoms with van der Waals surface area (Å²) in [7, 11) is 1.64.